The lowest BCUT2D eigenvalue weighted by Crippen LogP contribution is -2.02. The zero-order valence-electron chi connectivity index (χ0n) is 10.6. The number of carbonyl (C=O) groups is 1. The van der Waals surface area contributed by atoms with Gasteiger partial charge in [0.25, 0.3) is 0 Å². The Morgan fingerprint density at radius 3 is 2.16 bits per heavy atom. The molecule has 0 atom stereocenters. The minimum absolute atomic E-state index is 0.0876. The van der Waals surface area contributed by atoms with E-state index in [0.29, 0.717) is 6.42 Å². The highest BCUT2D eigenvalue weighted by Gasteiger charge is 2.09. The Balaban J connectivity index is 2.03. The van der Waals surface area contributed by atoms with Crippen LogP contribution in [-0.2, 0) is 6.42 Å². The van der Waals surface area contributed by atoms with Crippen LogP contribution in [0.3, 0.4) is 0 Å². The number of hydrogen-bond donors (Lipinski definition) is 0. The molecule has 0 radical (unpaired) electrons. The molecule has 0 bridgehead atoms. The van der Waals surface area contributed by atoms with Crippen LogP contribution in [0.15, 0.2) is 42.5 Å². The maximum Gasteiger partial charge on any atom is 0.163 e. The van der Waals surface area contributed by atoms with E-state index in [0.717, 1.165) is 29.3 Å². The molecule has 2 aromatic rings. The second kappa shape index (κ2) is 5.74. The number of benzene rings is 2. The molecular formula is C16H14F2O. The third-order valence-electron chi connectivity index (χ3n) is 2.95. The van der Waals surface area contributed by atoms with Crippen molar-refractivity contribution in [1.29, 1.82) is 0 Å². The van der Waals surface area contributed by atoms with Crippen molar-refractivity contribution < 1.29 is 13.6 Å². The highest BCUT2D eigenvalue weighted by Crippen LogP contribution is 2.12. The lowest BCUT2D eigenvalue weighted by molar-refractivity contribution is 0.0982. The van der Waals surface area contributed by atoms with E-state index in [9.17, 15) is 13.6 Å². The van der Waals surface area contributed by atoms with E-state index in [2.05, 4.69) is 0 Å². The van der Waals surface area contributed by atoms with Gasteiger partial charge < -0.3 is 0 Å². The summed E-state index contributed by atoms with van der Waals surface area (Å²) in [6.45, 7) is 1.99. The largest absolute Gasteiger partial charge is 0.294 e. The number of carbonyl (C=O) groups excluding carboxylic acids is 1. The Hall–Kier alpha value is -2.03. The molecule has 0 aliphatic heterocycles. The number of Topliss-reactive ketones (excluding diaryl/α,β-unsaturated/α-hetero) is 1. The molecule has 98 valence electrons. The highest BCUT2D eigenvalue weighted by molar-refractivity contribution is 5.96. The summed E-state index contributed by atoms with van der Waals surface area (Å²) < 4.78 is 26.0. The predicted molar refractivity (Wildman–Crippen MR) is 70.2 cm³/mol. The SMILES string of the molecule is Cc1ccc(CCC(=O)c2cc(F)cc(F)c2)cc1. The highest BCUT2D eigenvalue weighted by atomic mass is 19.1. The molecule has 0 heterocycles. The van der Waals surface area contributed by atoms with E-state index in [1.807, 2.05) is 31.2 Å². The Kier molecular flexibility index (Phi) is 4.05. The minimum atomic E-state index is -0.723. The van der Waals surface area contributed by atoms with Crippen LogP contribution in [0, 0.1) is 18.6 Å². The summed E-state index contributed by atoms with van der Waals surface area (Å²) >= 11 is 0. The lowest BCUT2D eigenvalue weighted by Gasteiger charge is -2.03. The van der Waals surface area contributed by atoms with Gasteiger partial charge in [-0.05, 0) is 31.0 Å². The summed E-state index contributed by atoms with van der Waals surface area (Å²) in [5, 5.41) is 0. The topological polar surface area (TPSA) is 17.1 Å². The van der Waals surface area contributed by atoms with Gasteiger partial charge in [0.1, 0.15) is 11.6 Å². The Morgan fingerprint density at radius 2 is 1.58 bits per heavy atom. The van der Waals surface area contributed by atoms with E-state index in [-0.39, 0.29) is 17.8 Å². The van der Waals surface area contributed by atoms with Gasteiger partial charge in [0.15, 0.2) is 5.78 Å². The minimum Gasteiger partial charge on any atom is -0.294 e. The average Bonchev–Trinajstić information content (AvgIpc) is 2.36. The molecule has 0 saturated heterocycles. The molecule has 0 unspecified atom stereocenters. The van der Waals surface area contributed by atoms with Crippen molar-refractivity contribution >= 4 is 5.78 Å². The molecule has 2 rings (SSSR count). The van der Waals surface area contributed by atoms with Crippen molar-refractivity contribution in [3.63, 3.8) is 0 Å². The third-order valence-corrected chi connectivity index (χ3v) is 2.95. The quantitative estimate of drug-likeness (QED) is 0.757. The van der Waals surface area contributed by atoms with Gasteiger partial charge >= 0.3 is 0 Å². The van der Waals surface area contributed by atoms with E-state index < -0.39 is 11.6 Å². The van der Waals surface area contributed by atoms with Crippen molar-refractivity contribution in [3.8, 4) is 0 Å². The molecule has 1 nitrogen and oxygen atoms in total. The van der Waals surface area contributed by atoms with Gasteiger partial charge in [-0.3, -0.25) is 4.79 Å². The van der Waals surface area contributed by atoms with E-state index >= 15 is 0 Å². The van der Waals surface area contributed by atoms with Gasteiger partial charge in [0.05, 0.1) is 0 Å². The molecule has 0 aliphatic carbocycles. The van der Waals surface area contributed by atoms with Gasteiger partial charge in [0, 0.05) is 18.1 Å². The summed E-state index contributed by atoms with van der Waals surface area (Å²) in [7, 11) is 0. The lowest BCUT2D eigenvalue weighted by atomic mass is 10.0. The first-order chi connectivity index (χ1) is 9.04. The first-order valence-corrected chi connectivity index (χ1v) is 6.09. The van der Waals surface area contributed by atoms with Crippen LogP contribution >= 0.6 is 0 Å². The fourth-order valence-electron chi connectivity index (χ4n) is 1.87. The van der Waals surface area contributed by atoms with Crippen LogP contribution in [0.4, 0.5) is 8.78 Å². The van der Waals surface area contributed by atoms with Crippen LogP contribution in [-0.4, -0.2) is 5.78 Å². The van der Waals surface area contributed by atoms with Crippen molar-refractivity contribution in [2.24, 2.45) is 0 Å². The summed E-state index contributed by atoms with van der Waals surface area (Å²) in [6, 6.07) is 10.8. The number of ketones is 1. The molecule has 0 amide bonds. The fourth-order valence-corrected chi connectivity index (χ4v) is 1.87. The average molecular weight is 260 g/mol. The Morgan fingerprint density at radius 1 is 1.00 bits per heavy atom. The Labute approximate surface area is 110 Å². The van der Waals surface area contributed by atoms with Crippen molar-refractivity contribution in [3.05, 3.63) is 70.8 Å². The zero-order valence-corrected chi connectivity index (χ0v) is 10.6. The smallest absolute Gasteiger partial charge is 0.163 e. The zero-order chi connectivity index (χ0) is 13.8. The monoisotopic (exact) mass is 260 g/mol. The van der Waals surface area contributed by atoms with Gasteiger partial charge in [0.2, 0.25) is 0 Å². The molecule has 0 aromatic heterocycles. The summed E-state index contributed by atoms with van der Waals surface area (Å²) in [4.78, 5) is 11.9. The molecule has 19 heavy (non-hydrogen) atoms. The molecule has 2 aromatic carbocycles. The standard InChI is InChI=1S/C16H14F2O/c1-11-2-4-12(5-3-11)6-7-16(19)13-8-14(17)10-15(18)9-13/h2-5,8-10H,6-7H2,1H3. The molecule has 0 aliphatic rings. The maximum atomic E-state index is 13.0. The molecular weight excluding hydrogens is 246 g/mol. The van der Waals surface area contributed by atoms with Gasteiger partial charge in [-0.25, -0.2) is 8.78 Å². The van der Waals surface area contributed by atoms with Crippen LogP contribution in [0.2, 0.25) is 0 Å². The second-order valence-corrected chi connectivity index (χ2v) is 4.57. The van der Waals surface area contributed by atoms with Crippen molar-refractivity contribution in [1.82, 2.24) is 0 Å². The number of hydrogen-bond acceptors (Lipinski definition) is 1. The van der Waals surface area contributed by atoms with Crippen molar-refractivity contribution in [2.45, 2.75) is 19.8 Å². The van der Waals surface area contributed by atoms with Crippen molar-refractivity contribution in [2.75, 3.05) is 0 Å². The third kappa shape index (κ3) is 3.71. The summed E-state index contributed by atoms with van der Waals surface area (Å²) in [5.74, 6) is -1.70. The van der Waals surface area contributed by atoms with Gasteiger partial charge in [-0.1, -0.05) is 29.8 Å². The van der Waals surface area contributed by atoms with Crippen LogP contribution < -0.4 is 0 Å². The fraction of sp³-hybridized carbons (Fsp3) is 0.188. The first-order valence-electron chi connectivity index (χ1n) is 6.09. The first kappa shape index (κ1) is 13.4. The van der Waals surface area contributed by atoms with Gasteiger partial charge in [-0.2, -0.15) is 0 Å². The molecule has 3 heteroatoms. The summed E-state index contributed by atoms with van der Waals surface area (Å²) in [6.07, 6.45) is 0.809. The molecule has 0 saturated carbocycles. The number of rotatable bonds is 4. The maximum absolute atomic E-state index is 13.0. The normalized spacial score (nSPS) is 10.5. The second-order valence-electron chi connectivity index (χ2n) is 4.57. The predicted octanol–water partition coefficient (Wildman–Crippen LogP) is 4.09. The molecule has 0 fully saturated rings. The van der Waals surface area contributed by atoms with Crippen LogP contribution in [0.1, 0.15) is 27.9 Å². The molecule has 0 N–H and O–H groups in total. The van der Waals surface area contributed by atoms with Crippen LogP contribution in [0.25, 0.3) is 0 Å². The van der Waals surface area contributed by atoms with E-state index in [1.54, 1.807) is 0 Å². The van der Waals surface area contributed by atoms with Gasteiger partial charge in [-0.15, -0.1) is 0 Å². The van der Waals surface area contributed by atoms with E-state index in [4.69, 9.17) is 0 Å². The van der Waals surface area contributed by atoms with E-state index in [1.165, 1.54) is 0 Å². The Bertz CT molecular complexity index is 568. The number of halogens is 2. The van der Waals surface area contributed by atoms with Crippen LogP contribution in [0.5, 0.6) is 0 Å². The number of aryl methyl sites for hydroxylation is 2. The summed E-state index contributed by atoms with van der Waals surface area (Å²) in [5.41, 5.74) is 2.28. The molecule has 0 spiro atoms.